The Bertz CT molecular complexity index is 271. The maximum absolute atomic E-state index is 9.09. The number of nitrogens with one attached hydrogen (secondary N) is 1. The third-order valence-corrected chi connectivity index (χ3v) is 4.17. The lowest BCUT2D eigenvalue weighted by atomic mass is 9.93. The molecule has 0 aromatic heterocycles. The molecule has 3 atom stereocenters. The van der Waals surface area contributed by atoms with E-state index < -0.39 is 0 Å². The van der Waals surface area contributed by atoms with Gasteiger partial charge in [0.25, 0.3) is 0 Å². The first-order chi connectivity index (χ1) is 8.00. The molecule has 3 unspecified atom stereocenters. The summed E-state index contributed by atoms with van der Waals surface area (Å²) in [6.07, 6.45) is 4.71. The standard InChI is InChI=1S/C14H27N3/c1-12-6-7-13(2)17(10-12)9-5-8-14(3,11-15)16-4/h12-13,16H,5-10H2,1-4H3. The number of hydrogen-bond acceptors (Lipinski definition) is 3. The second kappa shape index (κ2) is 6.37. The fourth-order valence-electron chi connectivity index (χ4n) is 2.56. The molecule has 1 aliphatic heterocycles. The highest BCUT2D eigenvalue weighted by Gasteiger charge is 2.24. The van der Waals surface area contributed by atoms with Crippen LogP contribution in [0.5, 0.6) is 0 Å². The number of likely N-dealkylation sites (tertiary alicyclic amines) is 1. The molecule has 98 valence electrons. The molecule has 3 nitrogen and oxygen atoms in total. The molecule has 0 aliphatic carbocycles. The van der Waals surface area contributed by atoms with E-state index in [1.54, 1.807) is 0 Å². The molecule has 1 rings (SSSR count). The Labute approximate surface area is 106 Å². The first-order valence-corrected chi connectivity index (χ1v) is 6.85. The van der Waals surface area contributed by atoms with Gasteiger partial charge >= 0.3 is 0 Å². The van der Waals surface area contributed by atoms with Crippen LogP contribution in [0.25, 0.3) is 0 Å². The summed E-state index contributed by atoms with van der Waals surface area (Å²) in [5.41, 5.74) is -0.357. The van der Waals surface area contributed by atoms with Crippen LogP contribution in [0.3, 0.4) is 0 Å². The van der Waals surface area contributed by atoms with E-state index in [-0.39, 0.29) is 5.54 Å². The zero-order chi connectivity index (χ0) is 12.9. The predicted octanol–water partition coefficient (Wildman–Crippen LogP) is 2.39. The van der Waals surface area contributed by atoms with Gasteiger partial charge in [-0.05, 0) is 59.0 Å². The van der Waals surface area contributed by atoms with E-state index in [0.29, 0.717) is 6.04 Å². The minimum atomic E-state index is -0.357. The Hall–Kier alpha value is -0.590. The molecule has 0 saturated carbocycles. The van der Waals surface area contributed by atoms with Gasteiger partial charge in [-0.2, -0.15) is 5.26 Å². The van der Waals surface area contributed by atoms with Gasteiger partial charge in [0.05, 0.1) is 6.07 Å². The predicted molar refractivity (Wildman–Crippen MR) is 71.7 cm³/mol. The van der Waals surface area contributed by atoms with Crippen LogP contribution in [0.2, 0.25) is 0 Å². The molecule has 0 bridgehead atoms. The summed E-state index contributed by atoms with van der Waals surface area (Å²) in [5.74, 6) is 0.831. The summed E-state index contributed by atoms with van der Waals surface area (Å²) in [6, 6.07) is 3.07. The number of nitrogens with zero attached hydrogens (tertiary/aromatic N) is 2. The first-order valence-electron chi connectivity index (χ1n) is 6.85. The van der Waals surface area contributed by atoms with E-state index >= 15 is 0 Å². The Morgan fingerprint density at radius 3 is 2.71 bits per heavy atom. The average molecular weight is 237 g/mol. The molecule has 17 heavy (non-hydrogen) atoms. The highest BCUT2D eigenvalue weighted by atomic mass is 15.2. The molecule has 0 aromatic rings. The summed E-state index contributed by atoms with van der Waals surface area (Å²) in [5, 5.41) is 12.2. The van der Waals surface area contributed by atoms with Gasteiger partial charge in [0.2, 0.25) is 0 Å². The lowest BCUT2D eigenvalue weighted by Crippen LogP contribution is -2.43. The van der Waals surface area contributed by atoms with Crippen LogP contribution in [0.15, 0.2) is 0 Å². The SMILES string of the molecule is CNC(C)(C#N)CCCN1CC(C)CCC1C. The van der Waals surface area contributed by atoms with Crippen molar-refractivity contribution in [1.82, 2.24) is 10.2 Å². The van der Waals surface area contributed by atoms with E-state index in [0.717, 1.165) is 25.3 Å². The molecule has 1 saturated heterocycles. The largest absolute Gasteiger partial charge is 0.303 e. The second-order valence-corrected chi connectivity index (χ2v) is 5.82. The van der Waals surface area contributed by atoms with Crippen LogP contribution in [-0.4, -0.2) is 36.6 Å². The first kappa shape index (κ1) is 14.5. The monoisotopic (exact) mass is 237 g/mol. The minimum absolute atomic E-state index is 0.357. The molecular weight excluding hydrogens is 210 g/mol. The van der Waals surface area contributed by atoms with Gasteiger partial charge in [-0.3, -0.25) is 0 Å². The van der Waals surface area contributed by atoms with E-state index in [1.165, 1.54) is 19.4 Å². The Kier molecular flexibility index (Phi) is 5.42. The lowest BCUT2D eigenvalue weighted by molar-refractivity contribution is 0.121. The van der Waals surface area contributed by atoms with E-state index in [1.807, 2.05) is 14.0 Å². The van der Waals surface area contributed by atoms with Crippen molar-refractivity contribution in [2.24, 2.45) is 5.92 Å². The fraction of sp³-hybridized carbons (Fsp3) is 0.929. The second-order valence-electron chi connectivity index (χ2n) is 5.82. The van der Waals surface area contributed by atoms with Gasteiger partial charge in [0.1, 0.15) is 5.54 Å². The van der Waals surface area contributed by atoms with Crippen LogP contribution < -0.4 is 5.32 Å². The van der Waals surface area contributed by atoms with Crippen molar-refractivity contribution in [3.63, 3.8) is 0 Å². The van der Waals surface area contributed by atoms with Crippen LogP contribution in [0.1, 0.15) is 46.5 Å². The maximum Gasteiger partial charge on any atom is 0.103 e. The Morgan fingerprint density at radius 2 is 2.12 bits per heavy atom. The van der Waals surface area contributed by atoms with Crippen molar-refractivity contribution in [3.05, 3.63) is 0 Å². The fourth-order valence-corrected chi connectivity index (χ4v) is 2.56. The number of rotatable bonds is 5. The van der Waals surface area contributed by atoms with Gasteiger partial charge in [0, 0.05) is 12.6 Å². The molecule has 1 fully saturated rings. The molecule has 0 amide bonds. The van der Waals surface area contributed by atoms with Crippen molar-refractivity contribution in [3.8, 4) is 6.07 Å². The molecule has 1 heterocycles. The molecule has 3 heteroatoms. The third kappa shape index (κ3) is 4.29. The van der Waals surface area contributed by atoms with Gasteiger partial charge in [-0.15, -0.1) is 0 Å². The molecule has 0 spiro atoms. The molecule has 1 aliphatic rings. The van der Waals surface area contributed by atoms with Gasteiger partial charge in [-0.25, -0.2) is 0 Å². The van der Waals surface area contributed by atoms with Crippen molar-refractivity contribution >= 4 is 0 Å². The van der Waals surface area contributed by atoms with Gasteiger partial charge in [-0.1, -0.05) is 6.92 Å². The van der Waals surface area contributed by atoms with Gasteiger partial charge < -0.3 is 10.2 Å². The number of hydrogen-bond donors (Lipinski definition) is 1. The topological polar surface area (TPSA) is 39.1 Å². The van der Waals surface area contributed by atoms with Gasteiger partial charge in [0.15, 0.2) is 0 Å². The average Bonchev–Trinajstić information content (AvgIpc) is 2.33. The van der Waals surface area contributed by atoms with Crippen LogP contribution in [0, 0.1) is 17.2 Å². The normalized spacial score (nSPS) is 29.6. The number of nitriles is 1. The molecular formula is C14H27N3. The minimum Gasteiger partial charge on any atom is -0.303 e. The third-order valence-electron chi connectivity index (χ3n) is 4.17. The smallest absolute Gasteiger partial charge is 0.103 e. The zero-order valence-corrected chi connectivity index (χ0v) is 11.8. The van der Waals surface area contributed by atoms with E-state index in [9.17, 15) is 0 Å². The Morgan fingerprint density at radius 1 is 1.41 bits per heavy atom. The summed E-state index contributed by atoms with van der Waals surface area (Å²) < 4.78 is 0. The van der Waals surface area contributed by atoms with Crippen LogP contribution in [0.4, 0.5) is 0 Å². The lowest BCUT2D eigenvalue weighted by Gasteiger charge is -2.37. The summed E-state index contributed by atoms with van der Waals surface area (Å²) >= 11 is 0. The molecule has 0 aromatic carbocycles. The zero-order valence-electron chi connectivity index (χ0n) is 11.8. The van der Waals surface area contributed by atoms with E-state index in [4.69, 9.17) is 5.26 Å². The quantitative estimate of drug-likeness (QED) is 0.798. The van der Waals surface area contributed by atoms with E-state index in [2.05, 4.69) is 30.1 Å². The molecule has 0 radical (unpaired) electrons. The summed E-state index contributed by atoms with van der Waals surface area (Å²) in [7, 11) is 1.87. The maximum atomic E-state index is 9.09. The highest BCUT2D eigenvalue weighted by Crippen LogP contribution is 2.22. The van der Waals surface area contributed by atoms with Crippen molar-refractivity contribution in [2.75, 3.05) is 20.1 Å². The summed E-state index contributed by atoms with van der Waals surface area (Å²) in [4.78, 5) is 2.58. The van der Waals surface area contributed by atoms with Crippen LogP contribution >= 0.6 is 0 Å². The van der Waals surface area contributed by atoms with Crippen molar-refractivity contribution in [2.45, 2.75) is 58.0 Å². The Balaban J connectivity index is 2.33. The number of piperidine rings is 1. The summed E-state index contributed by atoms with van der Waals surface area (Å²) in [6.45, 7) is 9.00. The van der Waals surface area contributed by atoms with Crippen LogP contribution in [-0.2, 0) is 0 Å². The van der Waals surface area contributed by atoms with Crippen molar-refractivity contribution in [1.29, 1.82) is 5.26 Å². The molecule has 1 N–H and O–H groups in total. The van der Waals surface area contributed by atoms with Crippen molar-refractivity contribution < 1.29 is 0 Å². The highest BCUT2D eigenvalue weighted by molar-refractivity contribution is 5.02.